The number of hydrogen-bond donors (Lipinski definition) is 2. The van der Waals surface area contributed by atoms with Crippen LogP contribution in [0.3, 0.4) is 0 Å². The third-order valence-corrected chi connectivity index (χ3v) is 8.91. The molecule has 5 aromatic rings. The highest BCUT2D eigenvalue weighted by Gasteiger charge is 2.33. The first-order valence-electron chi connectivity index (χ1n) is 14.4. The maximum absolute atomic E-state index is 13.5. The Labute approximate surface area is 250 Å². The van der Waals surface area contributed by atoms with Gasteiger partial charge in [0.2, 0.25) is 0 Å². The van der Waals surface area contributed by atoms with E-state index in [1.807, 2.05) is 46.8 Å². The van der Waals surface area contributed by atoms with Crippen molar-refractivity contribution >= 4 is 29.3 Å². The predicted octanol–water partition coefficient (Wildman–Crippen LogP) is 7.74. The van der Waals surface area contributed by atoms with Crippen molar-refractivity contribution in [3.05, 3.63) is 101 Å². The van der Waals surface area contributed by atoms with E-state index in [4.69, 9.17) is 5.10 Å². The van der Waals surface area contributed by atoms with Gasteiger partial charge in [0.1, 0.15) is 11.6 Å². The number of fused-ring (bicyclic) bond motifs is 2. The van der Waals surface area contributed by atoms with E-state index in [9.17, 15) is 4.79 Å². The Morgan fingerprint density at radius 2 is 1.74 bits per heavy atom. The van der Waals surface area contributed by atoms with Crippen LogP contribution in [0.15, 0.2) is 77.8 Å². The molecule has 2 atom stereocenters. The normalized spacial score (nSPS) is 16.6. The number of amides is 2. The van der Waals surface area contributed by atoms with Crippen LogP contribution in [-0.4, -0.2) is 30.4 Å². The number of urea groups is 1. The van der Waals surface area contributed by atoms with Gasteiger partial charge < -0.3 is 5.32 Å². The summed E-state index contributed by atoms with van der Waals surface area (Å²) in [6.07, 6.45) is 2.92. The third-order valence-electron chi connectivity index (χ3n) is 7.67. The van der Waals surface area contributed by atoms with Crippen molar-refractivity contribution in [1.82, 2.24) is 29.7 Å². The number of carbonyl (C=O) groups is 1. The minimum absolute atomic E-state index is 0.110. The summed E-state index contributed by atoms with van der Waals surface area (Å²) >= 11 is 1.81. The van der Waals surface area contributed by atoms with E-state index in [0.29, 0.717) is 5.82 Å². The van der Waals surface area contributed by atoms with E-state index in [1.165, 1.54) is 11.1 Å². The molecule has 0 aliphatic heterocycles. The number of thioether (sulfide) groups is 1. The summed E-state index contributed by atoms with van der Waals surface area (Å²) in [4.78, 5) is 14.6. The Bertz CT molecular complexity index is 1750. The van der Waals surface area contributed by atoms with Crippen molar-refractivity contribution in [2.45, 2.75) is 75.5 Å². The molecule has 1 aliphatic rings. The lowest BCUT2D eigenvalue weighted by molar-refractivity contribution is 0.248. The van der Waals surface area contributed by atoms with Crippen LogP contribution >= 0.6 is 11.8 Å². The zero-order valence-corrected chi connectivity index (χ0v) is 25.7. The van der Waals surface area contributed by atoms with Gasteiger partial charge in [-0.2, -0.15) is 5.10 Å². The lowest BCUT2D eigenvalue weighted by atomic mass is 9.92. The smallest absolute Gasteiger partial charge is 0.320 e. The molecule has 3 aromatic heterocycles. The maximum atomic E-state index is 13.5. The van der Waals surface area contributed by atoms with Gasteiger partial charge in [0.15, 0.2) is 5.65 Å². The molecule has 2 aromatic carbocycles. The summed E-state index contributed by atoms with van der Waals surface area (Å²) in [5.74, 6) is 1.87. The van der Waals surface area contributed by atoms with E-state index >= 15 is 0 Å². The first-order chi connectivity index (χ1) is 20.1. The summed E-state index contributed by atoms with van der Waals surface area (Å²) < 4.78 is 3.90. The predicted molar refractivity (Wildman–Crippen MR) is 169 cm³/mol. The lowest BCUT2D eigenvalue weighted by Crippen LogP contribution is -2.32. The van der Waals surface area contributed by atoms with Crippen LogP contribution in [0.4, 0.5) is 10.6 Å². The molecular weight excluding hydrogens is 542 g/mol. The fraction of sp³-hybridized carbons (Fsp3) is 0.333. The minimum Gasteiger partial charge on any atom is -0.331 e. The van der Waals surface area contributed by atoms with Crippen LogP contribution in [0, 0.1) is 6.92 Å². The zero-order chi connectivity index (χ0) is 29.6. The Kier molecular flexibility index (Phi) is 7.30. The minimum atomic E-state index is -0.248. The van der Waals surface area contributed by atoms with Crippen LogP contribution in [0.2, 0.25) is 0 Å². The van der Waals surface area contributed by atoms with Gasteiger partial charge in [-0.05, 0) is 48.7 Å². The summed E-state index contributed by atoms with van der Waals surface area (Å²) in [5, 5.41) is 20.1. The SMILES string of the molecule is Cc1ccc(-n2nc(C(C)(C)C)cc2NC(=O)N[C@H]2CC(Sc3ccc4nnc(C(C)C)n4c3)c3ccccc32)cc1. The third kappa shape index (κ3) is 5.53. The number of pyridine rings is 1. The van der Waals surface area contributed by atoms with E-state index in [2.05, 4.69) is 109 Å². The monoisotopic (exact) mass is 579 g/mol. The molecule has 2 N–H and O–H groups in total. The fourth-order valence-electron chi connectivity index (χ4n) is 5.38. The number of nitrogens with zero attached hydrogens (tertiary/aromatic N) is 5. The van der Waals surface area contributed by atoms with E-state index in [0.717, 1.165) is 39.7 Å². The number of benzene rings is 2. The number of aromatic nitrogens is 5. The van der Waals surface area contributed by atoms with Crippen LogP contribution in [0.25, 0.3) is 11.3 Å². The average Bonchev–Trinajstić information content (AvgIpc) is 3.65. The molecule has 1 unspecified atom stereocenters. The molecule has 0 bridgehead atoms. The molecule has 2 amide bonds. The molecule has 0 saturated carbocycles. The van der Waals surface area contributed by atoms with Gasteiger partial charge in [0.25, 0.3) is 0 Å². The maximum Gasteiger partial charge on any atom is 0.320 e. The zero-order valence-electron chi connectivity index (χ0n) is 24.9. The van der Waals surface area contributed by atoms with Gasteiger partial charge in [-0.15, -0.1) is 22.0 Å². The summed E-state index contributed by atoms with van der Waals surface area (Å²) in [6.45, 7) is 12.7. The van der Waals surface area contributed by atoms with E-state index in [-0.39, 0.29) is 28.7 Å². The molecule has 6 rings (SSSR count). The second-order valence-corrected chi connectivity index (χ2v) is 13.6. The van der Waals surface area contributed by atoms with Crippen molar-refractivity contribution in [3.8, 4) is 5.69 Å². The molecule has 0 radical (unpaired) electrons. The van der Waals surface area contributed by atoms with E-state index < -0.39 is 0 Å². The van der Waals surface area contributed by atoms with E-state index in [1.54, 1.807) is 0 Å². The standard InChI is InChI=1S/C33H37N7OS/c1-20(2)31-37-36-29-16-15-23(19-39(29)31)42-27-17-26(24-9-7-8-10-25(24)27)34-32(41)35-30-18-28(33(4,5)6)38-40(30)22-13-11-21(3)12-14-22/h7-16,18-20,26-27H,17H2,1-6H3,(H2,34,35,41)/t26-,27?/m0/s1. The molecule has 216 valence electrons. The van der Waals surface area contributed by atoms with Crippen molar-refractivity contribution in [1.29, 1.82) is 0 Å². The quantitative estimate of drug-likeness (QED) is 0.215. The largest absolute Gasteiger partial charge is 0.331 e. The van der Waals surface area contributed by atoms with Gasteiger partial charge in [0.05, 0.1) is 17.4 Å². The Morgan fingerprint density at radius 3 is 2.45 bits per heavy atom. The molecule has 1 aliphatic carbocycles. The first kappa shape index (κ1) is 28.0. The lowest BCUT2D eigenvalue weighted by Gasteiger charge is -2.16. The second-order valence-electron chi connectivity index (χ2n) is 12.3. The Hall–Kier alpha value is -4.11. The summed E-state index contributed by atoms with van der Waals surface area (Å²) in [5.41, 5.74) is 6.07. The van der Waals surface area contributed by atoms with Gasteiger partial charge in [-0.3, -0.25) is 9.72 Å². The van der Waals surface area contributed by atoms with Crippen molar-refractivity contribution in [3.63, 3.8) is 0 Å². The van der Waals surface area contributed by atoms with Crippen molar-refractivity contribution < 1.29 is 4.79 Å². The van der Waals surface area contributed by atoms with Gasteiger partial charge in [-0.25, -0.2) is 9.48 Å². The molecule has 3 heterocycles. The second kappa shape index (κ2) is 10.9. The number of aryl methyl sites for hydroxylation is 1. The number of nitrogens with one attached hydrogen (secondary N) is 2. The summed E-state index contributed by atoms with van der Waals surface area (Å²) in [6, 6.07) is 22.3. The highest BCUT2D eigenvalue weighted by atomic mass is 32.2. The fourth-order valence-corrected chi connectivity index (χ4v) is 6.66. The molecule has 8 nitrogen and oxygen atoms in total. The van der Waals surface area contributed by atoms with Gasteiger partial charge in [-0.1, -0.05) is 76.6 Å². The number of rotatable bonds is 6. The van der Waals surface area contributed by atoms with Crippen LogP contribution < -0.4 is 10.6 Å². The summed E-state index contributed by atoms with van der Waals surface area (Å²) in [7, 11) is 0. The molecule has 0 fully saturated rings. The van der Waals surface area contributed by atoms with Crippen LogP contribution in [0.5, 0.6) is 0 Å². The highest BCUT2D eigenvalue weighted by Crippen LogP contribution is 2.49. The molecule has 0 saturated heterocycles. The highest BCUT2D eigenvalue weighted by molar-refractivity contribution is 7.99. The van der Waals surface area contributed by atoms with Gasteiger partial charge in [0, 0.05) is 33.7 Å². The number of anilines is 1. The number of carbonyl (C=O) groups excluding carboxylic acids is 1. The average molecular weight is 580 g/mol. The Balaban J connectivity index is 1.22. The molecule has 0 spiro atoms. The topological polar surface area (TPSA) is 89.1 Å². The van der Waals surface area contributed by atoms with Crippen LogP contribution in [0.1, 0.15) is 86.5 Å². The molecular formula is C33H37N7OS. The van der Waals surface area contributed by atoms with Crippen molar-refractivity contribution in [2.75, 3.05) is 5.32 Å². The van der Waals surface area contributed by atoms with Gasteiger partial charge >= 0.3 is 6.03 Å². The number of hydrogen-bond acceptors (Lipinski definition) is 5. The Morgan fingerprint density at radius 1 is 1.00 bits per heavy atom. The first-order valence-corrected chi connectivity index (χ1v) is 15.3. The molecule has 9 heteroatoms. The van der Waals surface area contributed by atoms with Crippen molar-refractivity contribution in [2.24, 2.45) is 0 Å². The molecule has 42 heavy (non-hydrogen) atoms. The van der Waals surface area contributed by atoms with Crippen LogP contribution in [-0.2, 0) is 5.41 Å².